The van der Waals surface area contributed by atoms with Gasteiger partial charge in [-0.1, -0.05) is 44.2 Å². The first-order valence-corrected chi connectivity index (χ1v) is 8.66. The molecule has 0 aliphatic carbocycles. The van der Waals surface area contributed by atoms with Gasteiger partial charge in [-0.3, -0.25) is 0 Å². The molecule has 1 aliphatic heterocycles. The standard InChI is InChI=1S/C19H32N2/c1-16(2)9-10-17(3)20-12-14-21-13-11-19(15-21)18-7-5-4-6-8-18/h4-8,16-17,19-20H,9-15H2,1-3H3. The van der Waals surface area contributed by atoms with Gasteiger partial charge < -0.3 is 10.2 Å². The van der Waals surface area contributed by atoms with E-state index in [9.17, 15) is 0 Å². The van der Waals surface area contributed by atoms with E-state index in [2.05, 4.69) is 61.3 Å². The highest BCUT2D eigenvalue weighted by atomic mass is 15.2. The molecule has 0 aromatic heterocycles. The molecule has 2 atom stereocenters. The summed E-state index contributed by atoms with van der Waals surface area (Å²) < 4.78 is 0. The second-order valence-corrected chi connectivity index (χ2v) is 7.02. The lowest BCUT2D eigenvalue weighted by Gasteiger charge is -2.19. The summed E-state index contributed by atoms with van der Waals surface area (Å²) in [7, 11) is 0. The molecule has 1 fully saturated rings. The molecule has 1 heterocycles. The van der Waals surface area contributed by atoms with Crippen LogP contribution >= 0.6 is 0 Å². The van der Waals surface area contributed by atoms with Gasteiger partial charge in [0, 0.05) is 25.7 Å². The fourth-order valence-electron chi connectivity index (χ4n) is 3.19. The molecule has 1 aliphatic rings. The van der Waals surface area contributed by atoms with Crippen molar-refractivity contribution in [2.75, 3.05) is 26.2 Å². The van der Waals surface area contributed by atoms with Crippen LogP contribution < -0.4 is 5.32 Å². The largest absolute Gasteiger partial charge is 0.313 e. The number of nitrogens with zero attached hydrogens (tertiary/aromatic N) is 1. The second-order valence-electron chi connectivity index (χ2n) is 7.02. The Morgan fingerprint density at radius 2 is 1.90 bits per heavy atom. The molecule has 2 heteroatoms. The Balaban J connectivity index is 1.62. The predicted molar refractivity (Wildman–Crippen MR) is 91.8 cm³/mol. The Morgan fingerprint density at radius 1 is 1.14 bits per heavy atom. The van der Waals surface area contributed by atoms with Crippen molar-refractivity contribution in [2.24, 2.45) is 5.92 Å². The molecule has 0 bridgehead atoms. The van der Waals surface area contributed by atoms with E-state index in [0.717, 1.165) is 18.4 Å². The Hall–Kier alpha value is -0.860. The summed E-state index contributed by atoms with van der Waals surface area (Å²) in [6.45, 7) is 11.7. The molecule has 1 aromatic rings. The maximum atomic E-state index is 3.68. The summed E-state index contributed by atoms with van der Waals surface area (Å²) in [6, 6.07) is 11.6. The number of benzene rings is 1. The smallest absolute Gasteiger partial charge is 0.0107 e. The van der Waals surface area contributed by atoms with Crippen LogP contribution in [0.4, 0.5) is 0 Å². The van der Waals surface area contributed by atoms with Crippen molar-refractivity contribution in [1.29, 1.82) is 0 Å². The number of likely N-dealkylation sites (tertiary alicyclic amines) is 1. The number of rotatable bonds is 8. The fraction of sp³-hybridized carbons (Fsp3) is 0.684. The van der Waals surface area contributed by atoms with Gasteiger partial charge in [-0.2, -0.15) is 0 Å². The summed E-state index contributed by atoms with van der Waals surface area (Å²) in [5.74, 6) is 1.56. The minimum Gasteiger partial charge on any atom is -0.313 e. The summed E-state index contributed by atoms with van der Waals surface area (Å²) >= 11 is 0. The lowest BCUT2D eigenvalue weighted by molar-refractivity contribution is 0.321. The average Bonchev–Trinajstić information content (AvgIpc) is 2.95. The van der Waals surface area contributed by atoms with Crippen molar-refractivity contribution in [2.45, 2.75) is 52.0 Å². The van der Waals surface area contributed by atoms with Crippen molar-refractivity contribution >= 4 is 0 Å². The highest BCUT2D eigenvalue weighted by molar-refractivity contribution is 5.20. The Kier molecular flexibility index (Phi) is 6.72. The van der Waals surface area contributed by atoms with Gasteiger partial charge >= 0.3 is 0 Å². The van der Waals surface area contributed by atoms with Crippen LogP contribution in [-0.2, 0) is 0 Å². The van der Waals surface area contributed by atoms with E-state index in [1.165, 1.54) is 44.5 Å². The van der Waals surface area contributed by atoms with Crippen LogP contribution in [0.3, 0.4) is 0 Å². The first kappa shape index (κ1) is 16.5. The van der Waals surface area contributed by atoms with E-state index in [1.807, 2.05) is 0 Å². The minimum atomic E-state index is 0.653. The van der Waals surface area contributed by atoms with Crippen LogP contribution in [0.25, 0.3) is 0 Å². The third-order valence-corrected chi connectivity index (χ3v) is 4.64. The summed E-state index contributed by atoms with van der Waals surface area (Å²) in [6.07, 6.45) is 3.94. The van der Waals surface area contributed by atoms with Crippen molar-refractivity contribution in [1.82, 2.24) is 10.2 Å². The molecular formula is C19H32N2. The van der Waals surface area contributed by atoms with Gasteiger partial charge in [-0.25, -0.2) is 0 Å². The molecule has 1 saturated heterocycles. The van der Waals surface area contributed by atoms with Crippen LogP contribution in [0.2, 0.25) is 0 Å². The van der Waals surface area contributed by atoms with Crippen LogP contribution in [0.1, 0.15) is 51.5 Å². The highest BCUT2D eigenvalue weighted by Gasteiger charge is 2.23. The van der Waals surface area contributed by atoms with Gasteiger partial charge in [-0.05, 0) is 50.1 Å². The zero-order valence-electron chi connectivity index (χ0n) is 14.0. The van der Waals surface area contributed by atoms with E-state index in [0.29, 0.717) is 6.04 Å². The molecule has 1 N–H and O–H groups in total. The third kappa shape index (κ3) is 5.80. The molecule has 2 nitrogen and oxygen atoms in total. The molecular weight excluding hydrogens is 256 g/mol. The minimum absolute atomic E-state index is 0.653. The lowest BCUT2D eigenvalue weighted by Crippen LogP contribution is -2.35. The van der Waals surface area contributed by atoms with Crippen LogP contribution in [0.5, 0.6) is 0 Å². The number of hydrogen-bond acceptors (Lipinski definition) is 2. The molecule has 0 saturated carbocycles. The monoisotopic (exact) mass is 288 g/mol. The molecule has 0 amide bonds. The first-order chi connectivity index (χ1) is 10.1. The van der Waals surface area contributed by atoms with Crippen molar-refractivity contribution in [3.05, 3.63) is 35.9 Å². The molecule has 2 rings (SSSR count). The quantitative estimate of drug-likeness (QED) is 0.780. The predicted octanol–water partition coefficient (Wildman–Crippen LogP) is 3.89. The van der Waals surface area contributed by atoms with E-state index in [4.69, 9.17) is 0 Å². The van der Waals surface area contributed by atoms with Crippen molar-refractivity contribution in [3.63, 3.8) is 0 Å². The van der Waals surface area contributed by atoms with Gasteiger partial charge in [0.25, 0.3) is 0 Å². The average molecular weight is 288 g/mol. The highest BCUT2D eigenvalue weighted by Crippen LogP contribution is 2.26. The van der Waals surface area contributed by atoms with Gasteiger partial charge in [0.05, 0.1) is 0 Å². The Morgan fingerprint density at radius 3 is 2.62 bits per heavy atom. The van der Waals surface area contributed by atoms with Crippen LogP contribution in [0, 0.1) is 5.92 Å². The third-order valence-electron chi connectivity index (χ3n) is 4.64. The van der Waals surface area contributed by atoms with Crippen LogP contribution in [0.15, 0.2) is 30.3 Å². The lowest BCUT2D eigenvalue weighted by atomic mass is 9.99. The summed E-state index contributed by atoms with van der Waals surface area (Å²) in [5.41, 5.74) is 1.51. The van der Waals surface area contributed by atoms with Crippen molar-refractivity contribution < 1.29 is 0 Å². The van der Waals surface area contributed by atoms with E-state index < -0.39 is 0 Å². The maximum absolute atomic E-state index is 3.68. The SMILES string of the molecule is CC(C)CCC(C)NCCN1CCC(c2ccccc2)C1. The molecule has 0 spiro atoms. The maximum Gasteiger partial charge on any atom is 0.0107 e. The molecule has 118 valence electrons. The molecule has 2 unspecified atom stereocenters. The summed E-state index contributed by atoms with van der Waals surface area (Å²) in [5, 5.41) is 3.68. The van der Waals surface area contributed by atoms with Crippen LogP contribution in [-0.4, -0.2) is 37.1 Å². The zero-order chi connectivity index (χ0) is 15.1. The van der Waals surface area contributed by atoms with E-state index in [-0.39, 0.29) is 0 Å². The Bertz CT molecular complexity index is 388. The molecule has 0 radical (unpaired) electrons. The first-order valence-electron chi connectivity index (χ1n) is 8.66. The topological polar surface area (TPSA) is 15.3 Å². The van der Waals surface area contributed by atoms with Gasteiger partial charge in [-0.15, -0.1) is 0 Å². The molecule has 21 heavy (non-hydrogen) atoms. The number of hydrogen-bond donors (Lipinski definition) is 1. The van der Waals surface area contributed by atoms with Gasteiger partial charge in [0.2, 0.25) is 0 Å². The normalized spacial score (nSPS) is 21.0. The van der Waals surface area contributed by atoms with E-state index >= 15 is 0 Å². The fourth-order valence-corrected chi connectivity index (χ4v) is 3.19. The molecule has 1 aromatic carbocycles. The zero-order valence-corrected chi connectivity index (χ0v) is 14.0. The second kappa shape index (κ2) is 8.55. The Labute approximate surface area is 130 Å². The van der Waals surface area contributed by atoms with Gasteiger partial charge in [0.1, 0.15) is 0 Å². The van der Waals surface area contributed by atoms with Gasteiger partial charge in [0.15, 0.2) is 0 Å². The van der Waals surface area contributed by atoms with E-state index in [1.54, 1.807) is 0 Å². The van der Waals surface area contributed by atoms with Crippen molar-refractivity contribution in [3.8, 4) is 0 Å². The summed E-state index contributed by atoms with van der Waals surface area (Å²) in [4.78, 5) is 2.61. The number of nitrogens with one attached hydrogen (secondary N) is 1.